The topological polar surface area (TPSA) is 62.5 Å². The summed E-state index contributed by atoms with van der Waals surface area (Å²) < 4.78 is 5.20. The van der Waals surface area contributed by atoms with Crippen molar-refractivity contribution in [2.75, 3.05) is 6.61 Å². The molecule has 1 aromatic rings. The van der Waals surface area contributed by atoms with Gasteiger partial charge in [0.15, 0.2) is 0 Å². The molecule has 0 aliphatic heterocycles. The zero-order valence-corrected chi connectivity index (χ0v) is 10.0. The van der Waals surface area contributed by atoms with Crippen LogP contribution in [0.3, 0.4) is 0 Å². The third-order valence-corrected chi connectivity index (χ3v) is 2.50. The Morgan fingerprint density at radius 3 is 2.81 bits per heavy atom. The second-order valence-corrected chi connectivity index (χ2v) is 4.42. The summed E-state index contributed by atoms with van der Waals surface area (Å²) in [5, 5.41) is 11.8. The van der Waals surface area contributed by atoms with Gasteiger partial charge in [-0.1, -0.05) is 6.92 Å². The largest absolute Gasteiger partial charge is 0.469 e. The molecule has 1 rings (SSSR count). The van der Waals surface area contributed by atoms with E-state index in [-0.39, 0.29) is 12.5 Å². The molecule has 90 valence electrons. The maximum absolute atomic E-state index is 11.9. The zero-order chi connectivity index (χ0) is 12.2. The van der Waals surface area contributed by atoms with Crippen molar-refractivity contribution >= 4 is 5.91 Å². The number of furan rings is 1. The molecular weight excluding hydrogens is 206 g/mol. The van der Waals surface area contributed by atoms with Gasteiger partial charge in [0, 0.05) is 18.6 Å². The van der Waals surface area contributed by atoms with Crippen LogP contribution in [0.4, 0.5) is 0 Å². The Bertz CT molecular complexity index is 355. The van der Waals surface area contributed by atoms with E-state index in [1.165, 1.54) is 6.26 Å². The Morgan fingerprint density at radius 1 is 1.56 bits per heavy atom. The fourth-order valence-corrected chi connectivity index (χ4v) is 1.53. The lowest BCUT2D eigenvalue weighted by Gasteiger charge is -2.25. The first-order valence-corrected chi connectivity index (χ1v) is 5.50. The number of nitrogens with one attached hydrogen (secondary N) is 1. The molecule has 0 saturated carbocycles. The lowest BCUT2D eigenvalue weighted by Crippen LogP contribution is -2.44. The van der Waals surface area contributed by atoms with Crippen LogP contribution in [0.2, 0.25) is 0 Å². The highest BCUT2D eigenvalue weighted by Crippen LogP contribution is 2.14. The maximum Gasteiger partial charge on any atom is 0.255 e. The van der Waals surface area contributed by atoms with Crippen LogP contribution < -0.4 is 5.32 Å². The van der Waals surface area contributed by atoms with Crippen molar-refractivity contribution in [2.24, 2.45) is 0 Å². The van der Waals surface area contributed by atoms with E-state index >= 15 is 0 Å². The molecule has 16 heavy (non-hydrogen) atoms. The van der Waals surface area contributed by atoms with Crippen LogP contribution in [-0.2, 0) is 6.42 Å². The first-order chi connectivity index (χ1) is 7.50. The number of aliphatic hydroxyl groups excluding tert-OH is 1. The minimum absolute atomic E-state index is 0.0549. The molecule has 0 aromatic carbocycles. The molecule has 0 fully saturated rings. The van der Waals surface area contributed by atoms with Gasteiger partial charge in [-0.05, 0) is 26.3 Å². The fourth-order valence-electron chi connectivity index (χ4n) is 1.53. The van der Waals surface area contributed by atoms with E-state index in [1.54, 1.807) is 6.07 Å². The Kier molecular flexibility index (Phi) is 4.12. The summed E-state index contributed by atoms with van der Waals surface area (Å²) in [5.41, 5.74) is 0.169. The van der Waals surface area contributed by atoms with Gasteiger partial charge in [0.25, 0.3) is 5.91 Å². The molecule has 4 heteroatoms. The number of carbonyl (C=O) groups is 1. The SMILES string of the molecule is CCc1occc1C(=O)NC(C)(C)CCO. The summed E-state index contributed by atoms with van der Waals surface area (Å²) >= 11 is 0. The van der Waals surface area contributed by atoms with Gasteiger partial charge in [-0.25, -0.2) is 0 Å². The number of hydrogen-bond donors (Lipinski definition) is 2. The third-order valence-electron chi connectivity index (χ3n) is 2.50. The average molecular weight is 225 g/mol. The summed E-state index contributed by atoms with van der Waals surface area (Å²) in [7, 11) is 0. The monoisotopic (exact) mass is 225 g/mol. The van der Waals surface area contributed by atoms with E-state index < -0.39 is 5.54 Å². The van der Waals surface area contributed by atoms with Crippen LogP contribution in [0.5, 0.6) is 0 Å². The number of rotatable bonds is 5. The number of aryl methyl sites for hydroxylation is 1. The highest BCUT2D eigenvalue weighted by molar-refractivity contribution is 5.95. The van der Waals surface area contributed by atoms with E-state index in [9.17, 15) is 4.79 Å². The average Bonchev–Trinajstić information content (AvgIpc) is 2.64. The van der Waals surface area contributed by atoms with E-state index in [0.717, 1.165) is 0 Å². The molecule has 4 nitrogen and oxygen atoms in total. The van der Waals surface area contributed by atoms with Crippen molar-refractivity contribution in [1.82, 2.24) is 5.32 Å². The van der Waals surface area contributed by atoms with Crippen LogP contribution in [0, 0.1) is 0 Å². The van der Waals surface area contributed by atoms with Gasteiger partial charge in [0.05, 0.1) is 11.8 Å². The number of hydrogen-bond acceptors (Lipinski definition) is 3. The van der Waals surface area contributed by atoms with Crippen molar-refractivity contribution in [3.63, 3.8) is 0 Å². The lowest BCUT2D eigenvalue weighted by atomic mass is 10.0. The quantitative estimate of drug-likeness (QED) is 0.802. The summed E-state index contributed by atoms with van der Waals surface area (Å²) in [4.78, 5) is 11.9. The predicted octanol–water partition coefficient (Wildman–Crippen LogP) is 1.73. The van der Waals surface area contributed by atoms with Gasteiger partial charge in [-0.2, -0.15) is 0 Å². The molecule has 0 aliphatic carbocycles. The highest BCUT2D eigenvalue weighted by Gasteiger charge is 2.22. The number of aliphatic hydroxyl groups is 1. The number of carbonyl (C=O) groups excluding carboxylic acids is 1. The molecule has 0 bridgehead atoms. The molecule has 0 spiro atoms. The van der Waals surface area contributed by atoms with E-state index in [1.807, 2.05) is 20.8 Å². The minimum atomic E-state index is -0.409. The molecule has 1 amide bonds. The molecule has 0 aliphatic rings. The second kappa shape index (κ2) is 5.16. The molecule has 0 unspecified atom stereocenters. The first kappa shape index (κ1) is 12.8. The van der Waals surface area contributed by atoms with Gasteiger partial charge in [0.1, 0.15) is 5.76 Å². The van der Waals surface area contributed by atoms with Gasteiger partial charge < -0.3 is 14.8 Å². The van der Waals surface area contributed by atoms with Crippen molar-refractivity contribution in [3.05, 3.63) is 23.7 Å². The highest BCUT2D eigenvalue weighted by atomic mass is 16.3. The Hall–Kier alpha value is -1.29. The van der Waals surface area contributed by atoms with Crippen molar-refractivity contribution in [1.29, 1.82) is 0 Å². The number of amides is 1. The van der Waals surface area contributed by atoms with Gasteiger partial charge >= 0.3 is 0 Å². The fraction of sp³-hybridized carbons (Fsp3) is 0.583. The van der Waals surface area contributed by atoms with Crippen molar-refractivity contribution in [3.8, 4) is 0 Å². The molecule has 1 heterocycles. The van der Waals surface area contributed by atoms with Crippen LogP contribution in [0.25, 0.3) is 0 Å². The summed E-state index contributed by atoms with van der Waals surface area (Å²) in [6, 6.07) is 1.67. The Balaban J connectivity index is 2.72. The minimum Gasteiger partial charge on any atom is -0.469 e. The zero-order valence-electron chi connectivity index (χ0n) is 10.0. The second-order valence-electron chi connectivity index (χ2n) is 4.42. The molecule has 0 saturated heterocycles. The van der Waals surface area contributed by atoms with Crippen LogP contribution in [0.1, 0.15) is 43.3 Å². The smallest absolute Gasteiger partial charge is 0.255 e. The van der Waals surface area contributed by atoms with Crippen LogP contribution in [-0.4, -0.2) is 23.2 Å². The molecule has 0 radical (unpaired) electrons. The van der Waals surface area contributed by atoms with E-state index in [4.69, 9.17) is 9.52 Å². The Morgan fingerprint density at radius 2 is 2.25 bits per heavy atom. The van der Waals surface area contributed by atoms with E-state index in [0.29, 0.717) is 24.2 Å². The summed E-state index contributed by atoms with van der Waals surface area (Å²) in [5.74, 6) is 0.543. The van der Waals surface area contributed by atoms with Crippen LogP contribution in [0.15, 0.2) is 16.7 Å². The maximum atomic E-state index is 11.9. The molecule has 1 aromatic heterocycles. The molecule has 0 atom stereocenters. The predicted molar refractivity (Wildman–Crippen MR) is 61.3 cm³/mol. The normalized spacial score (nSPS) is 11.5. The standard InChI is InChI=1S/C12H19NO3/c1-4-10-9(5-8-16-10)11(15)13-12(2,3)6-7-14/h5,8,14H,4,6-7H2,1-3H3,(H,13,15). The van der Waals surface area contributed by atoms with Crippen molar-refractivity contribution in [2.45, 2.75) is 39.2 Å². The summed E-state index contributed by atoms with van der Waals surface area (Å²) in [6.07, 6.45) is 2.74. The van der Waals surface area contributed by atoms with Gasteiger partial charge in [-0.3, -0.25) is 4.79 Å². The van der Waals surface area contributed by atoms with Crippen LogP contribution >= 0.6 is 0 Å². The lowest BCUT2D eigenvalue weighted by molar-refractivity contribution is 0.0897. The van der Waals surface area contributed by atoms with E-state index in [2.05, 4.69) is 5.32 Å². The Labute approximate surface area is 95.7 Å². The van der Waals surface area contributed by atoms with Crippen molar-refractivity contribution < 1.29 is 14.3 Å². The molecular formula is C12H19NO3. The van der Waals surface area contributed by atoms with Gasteiger partial charge in [0.2, 0.25) is 0 Å². The molecule has 2 N–H and O–H groups in total. The van der Waals surface area contributed by atoms with Gasteiger partial charge in [-0.15, -0.1) is 0 Å². The first-order valence-electron chi connectivity index (χ1n) is 5.50. The summed E-state index contributed by atoms with van der Waals surface area (Å²) in [6.45, 7) is 5.76. The third kappa shape index (κ3) is 3.10.